The lowest BCUT2D eigenvalue weighted by atomic mass is 10.1. The quantitative estimate of drug-likeness (QED) is 0.342. The first-order valence-electron chi connectivity index (χ1n) is 7.30. The molecule has 6 nitrogen and oxygen atoms in total. The third-order valence-corrected chi connectivity index (χ3v) is 4.26. The number of halogens is 1. The Morgan fingerprint density at radius 3 is 2.48 bits per heavy atom. The van der Waals surface area contributed by atoms with Crippen LogP contribution in [-0.4, -0.2) is 10.9 Å². The smallest absolute Gasteiger partial charge is 0.374 e. The van der Waals surface area contributed by atoms with Crippen molar-refractivity contribution in [2.75, 3.05) is 0 Å². The summed E-state index contributed by atoms with van der Waals surface area (Å²) >= 11 is 3.39. The van der Waals surface area contributed by atoms with E-state index in [4.69, 9.17) is 9.15 Å². The molecule has 0 spiro atoms. The molecule has 126 valence electrons. The van der Waals surface area contributed by atoms with E-state index in [1.165, 1.54) is 18.2 Å². The monoisotopic (exact) mass is 401 g/mol. The van der Waals surface area contributed by atoms with Gasteiger partial charge in [0.15, 0.2) is 0 Å². The van der Waals surface area contributed by atoms with Gasteiger partial charge >= 0.3 is 5.97 Å². The van der Waals surface area contributed by atoms with E-state index in [9.17, 15) is 14.9 Å². The Bertz CT molecular complexity index is 917. The summed E-state index contributed by atoms with van der Waals surface area (Å²) in [7, 11) is 0. The first-order valence-corrected chi connectivity index (χ1v) is 8.09. The van der Waals surface area contributed by atoms with Gasteiger partial charge in [0.1, 0.15) is 12.4 Å². The lowest BCUT2D eigenvalue weighted by molar-refractivity contribution is -0.384. The molecule has 0 unspecified atom stereocenters. The zero-order valence-corrected chi connectivity index (χ0v) is 14.4. The minimum atomic E-state index is -0.580. The standard InChI is InChI=1S/C18H12BrNO5/c19-15-4-2-1-3-13(15)11-24-18(21)17-10-9-16(25-17)12-5-7-14(8-6-12)20(22)23/h1-10H,11H2. The number of benzene rings is 2. The molecule has 0 fully saturated rings. The summed E-state index contributed by atoms with van der Waals surface area (Å²) in [5, 5.41) is 10.7. The molecule has 3 aromatic rings. The van der Waals surface area contributed by atoms with Crippen molar-refractivity contribution in [1.29, 1.82) is 0 Å². The minimum absolute atomic E-state index is 0.0108. The third-order valence-electron chi connectivity index (χ3n) is 3.49. The van der Waals surface area contributed by atoms with Crippen molar-refractivity contribution in [3.05, 3.63) is 86.6 Å². The SMILES string of the molecule is O=C(OCc1ccccc1Br)c1ccc(-c2ccc([N+](=O)[O-])cc2)o1. The summed E-state index contributed by atoms with van der Waals surface area (Å²) in [6.07, 6.45) is 0. The molecule has 0 saturated carbocycles. The number of nitrogens with zero attached hydrogens (tertiary/aromatic N) is 1. The highest BCUT2D eigenvalue weighted by atomic mass is 79.9. The van der Waals surface area contributed by atoms with Gasteiger partial charge in [0, 0.05) is 27.7 Å². The van der Waals surface area contributed by atoms with Crippen molar-refractivity contribution in [3.63, 3.8) is 0 Å². The highest BCUT2D eigenvalue weighted by Gasteiger charge is 2.15. The molecular weight excluding hydrogens is 390 g/mol. The van der Waals surface area contributed by atoms with Crippen molar-refractivity contribution >= 4 is 27.6 Å². The van der Waals surface area contributed by atoms with Crippen LogP contribution in [0.1, 0.15) is 16.1 Å². The van der Waals surface area contributed by atoms with Crippen molar-refractivity contribution in [2.24, 2.45) is 0 Å². The predicted octanol–water partition coefficient (Wildman–Crippen LogP) is 4.97. The van der Waals surface area contributed by atoms with Gasteiger partial charge in [-0.2, -0.15) is 0 Å². The lowest BCUT2D eigenvalue weighted by Gasteiger charge is -2.05. The first-order chi connectivity index (χ1) is 12.0. The molecule has 1 aromatic heterocycles. The van der Waals surface area contributed by atoms with Crippen LogP contribution < -0.4 is 0 Å². The highest BCUT2D eigenvalue weighted by Crippen LogP contribution is 2.25. The Labute approximate surface area is 151 Å². The van der Waals surface area contributed by atoms with Crippen LogP contribution in [0.2, 0.25) is 0 Å². The van der Waals surface area contributed by atoms with Crippen molar-refractivity contribution in [2.45, 2.75) is 6.61 Å². The Morgan fingerprint density at radius 2 is 1.80 bits per heavy atom. The number of esters is 1. The van der Waals surface area contributed by atoms with Crippen molar-refractivity contribution in [1.82, 2.24) is 0 Å². The fourth-order valence-corrected chi connectivity index (χ4v) is 2.58. The van der Waals surface area contributed by atoms with Crippen LogP contribution in [0.15, 0.2) is 69.6 Å². The van der Waals surface area contributed by atoms with E-state index in [0.717, 1.165) is 10.0 Å². The Kier molecular flexibility index (Phi) is 4.95. The number of hydrogen-bond donors (Lipinski definition) is 0. The second-order valence-corrected chi connectivity index (χ2v) is 5.99. The summed E-state index contributed by atoms with van der Waals surface area (Å²) < 4.78 is 11.6. The van der Waals surface area contributed by atoms with E-state index >= 15 is 0 Å². The maximum atomic E-state index is 12.1. The Morgan fingerprint density at radius 1 is 1.08 bits per heavy atom. The molecule has 0 N–H and O–H groups in total. The van der Waals surface area contributed by atoms with Crippen LogP contribution in [-0.2, 0) is 11.3 Å². The largest absolute Gasteiger partial charge is 0.455 e. The molecule has 0 radical (unpaired) electrons. The summed E-state index contributed by atoms with van der Waals surface area (Å²) in [5.74, 6) is -0.0768. The molecule has 0 aliphatic rings. The normalized spacial score (nSPS) is 10.4. The van der Waals surface area contributed by atoms with Gasteiger partial charge in [-0.15, -0.1) is 0 Å². The third kappa shape index (κ3) is 3.95. The number of carbonyl (C=O) groups is 1. The Hall–Kier alpha value is -2.93. The van der Waals surface area contributed by atoms with Gasteiger partial charge in [-0.1, -0.05) is 34.1 Å². The second-order valence-electron chi connectivity index (χ2n) is 5.14. The van der Waals surface area contributed by atoms with Crippen LogP contribution in [0, 0.1) is 10.1 Å². The zero-order valence-electron chi connectivity index (χ0n) is 12.8. The van der Waals surface area contributed by atoms with Crippen LogP contribution in [0.5, 0.6) is 0 Å². The molecule has 3 rings (SSSR count). The second kappa shape index (κ2) is 7.31. The number of rotatable bonds is 5. The van der Waals surface area contributed by atoms with E-state index in [0.29, 0.717) is 11.3 Å². The van der Waals surface area contributed by atoms with Crippen molar-refractivity contribution < 1.29 is 18.9 Å². The van der Waals surface area contributed by atoms with Gasteiger partial charge in [-0.25, -0.2) is 4.79 Å². The molecule has 7 heteroatoms. The maximum Gasteiger partial charge on any atom is 0.374 e. The molecule has 0 saturated heterocycles. The molecule has 0 atom stereocenters. The molecule has 0 aliphatic heterocycles. The van der Waals surface area contributed by atoms with Gasteiger partial charge in [0.2, 0.25) is 5.76 Å². The van der Waals surface area contributed by atoms with E-state index in [2.05, 4.69) is 15.9 Å². The summed E-state index contributed by atoms with van der Waals surface area (Å²) in [4.78, 5) is 22.3. The van der Waals surface area contributed by atoms with Crippen LogP contribution in [0.4, 0.5) is 5.69 Å². The molecule has 2 aromatic carbocycles. The van der Waals surface area contributed by atoms with Crippen molar-refractivity contribution in [3.8, 4) is 11.3 Å². The van der Waals surface area contributed by atoms with Gasteiger partial charge in [-0.3, -0.25) is 10.1 Å². The number of furan rings is 1. The molecule has 0 bridgehead atoms. The maximum absolute atomic E-state index is 12.1. The number of nitro benzene ring substituents is 1. The van der Waals surface area contributed by atoms with E-state index < -0.39 is 10.9 Å². The molecular formula is C18H12BrNO5. The number of nitro groups is 1. The fourth-order valence-electron chi connectivity index (χ4n) is 2.18. The number of hydrogen-bond acceptors (Lipinski definition) is 5. The molecule has 0 aliphatic carbocycles. The first kappa shape index (κ1) is 16.9. The van der Waals surface area contributed by atoms with E-state index in [1.54, 1.807) is 18.2 Å². The van der Waals surface area contributed by atoms with E-state index in [1.807, 2.05) is 24.3 Å². The van der Waals surface area contributed by atoms with Gasteiger partial charge in [-0.05, 0) is 30.3 Å². The number of carbonyl (C=O) groups excluding carboxylic acids is 1. The van der Waals surface area contributed by atoms with Crippen LogP contribution in [0.3, 0.4) is 0 Å². The van der Waals surface area contributed by atoms with Gasteiger partial charge in [0.05, 0.1) is 4.92 Å². The van der Waals surface area contributed by atoms with Gasteiger partial charge < -0.3 is 9.15 Å². The van der Waals surface area contributed by atoms with E-state index in [-0.39, 0.29) is 18.1 Å². The number of ether oxygens (including phenoxy) is 1. The molecule has 25 heavy (non-hydrogen) atoms. The summed E-state index contributed by atoms with van der Waals surface area (Å²) in [5.41, 5.74) is 1.47. The Balaban J connectivity index is 1.69. The summed E-state index contributed by atoms with van der Waals surface area (Å²) in [6.45, 7) is 0.119. The lowest BCUT2D eigenvalue weighted by Crippen LogP contribution is -2.04. The minimum Gasteiger partial charge on any atom is -0.455 e. The average molecular weight is 402 g/mol. The topological polar surface area (TPSA) is 82.6 Å². The van der Waals surface area contributed by atoms with Gasteiger partial charge in [0.25, 0.3) is 5.69 Å². The summed E-state index contributed by atoms with van der Waals surface area (Å²) in [6, 6.07) is 16.5. The highest BCUT2D eigenvalue weighted by molar-refractivity contribution is 9.10. The molecule has 0 amide bonds. The number of non-ortho nitro benzene ring substituents is 1. The zero-order chi connectivity index (χ0) is 17.8. The average Bonchev–Trinajstić information content (AvgIpc) is 3.11. The predicted molar refractivity (Wildman–Crippen MR) is 94.1 cm³/mol. The van der Waals surface area contributed by atoms with Crippen LogP contribution in [0.25, 0.3) is 11.3 Å². The molecule has 1 heterocycles. The fraction of sp³-hybridized carbons (Fsp3) is 0.0556. The van der Waals surface area contributed by atoms with Crippen LogP contribution >= 0.6 is 15.9 Å².